The van der Waals surface area contributed by atoms with E-state index in [0.29, 0.717) is 0 Å². The van der Waals surface area contributed by atoms with E-state index in [9.17, 15) is 0 Å². The van der Waals surface area contributed by atoms with Gasteiger partial charge in [0.25, 0.3) is 0 Å². The van der Waals surface area contributed by atoms with Crippen molar-refractivity contribution < 1.29 is 133 Å². The summed E-state index contributed by atoms with van der Waals surface area (Å²) in [5.41, 5.74) is 0. The first kappa shape index (κ1) is 69.8. The summed E-state index contributed by atoms with van der Waals surface area (Å²) in [5, 5.41) is 0. The second kappa shape index (κ2) is 51.3. The molecule has 7 heteroatoms. The van der Waals surface area contributed by atoms with Crippen LogP contribution < -0.4 is 102 Å². The minimum absolute atomic E-state index is 0. The molecule has 7 heavy (non-hydrogen) atoms. The van der Waals surface area contributed by atoms with Crippen molar-refractivity contribution in [2.45, 2.75) is 0 Å². The molecule has 0 spiro atoms. The van der Waals surface area contributed by atoms with Crippen molar-refractivity contribution in [3.8, 4) is 0 Å². The number of halogens is 6. The van der Waals surface area contributed by atoms with E-state index in [1.807, 2.05) is 0 Å². The molecule has 0 unspecified atom stereocenters. The molecule has 0 bridgehead atoms. The molecule has 0 fully saturated rings. The Morgan fingerprint density at radius 2 is 0.286 bits per heavy atom. The fourth-order valence-corrected chi connectivity index (χ4v) is 0. The van der Waals surface area contributed by atoms with Crippen LogP contribution >= 0.6 is 0 Å². The Hall–Kier alpha value is 3.93. The van der Waals surface area contributed by atoms with Crippen molar-refractivity contribution in [3.05, 3.63) is 0 Å². The largest absolute Gasteiger partial charge is 6.00 e. The summed E-state index contributed by atoms with van der Waals surface area (Å²) < 4.78 is 0. The van der Waals surface area contributed by atoms with Crippen molar-refractivity contribution in [1.29, 1.82) is 0 Å². The van der Waals surface area contributed by atoms with Crippen molar-refractivity contribution in [2.24, 2.45) is 0 Å². The van der Waals surface area contributed by atoms with E-state index in [1.165, 1.54) is 0 Å². The molecular weight excluding hydrogens is 717 g/mol. The Bertz CT molecular complexity index is 4.14. The summed E-state index contributed by atoms with van der Waals surface area (Å²) in [6.45, 7) is 0. The van der Waals surface area contributed by atoms with Gasteiger partial charge in [0.1, 0.15) is 0 Å². The Morgan fingerprint density at radius 3 is 0.286 bits per heavy atom. The minimum Gasteiger partial charge on any atom is -1.00 e. The SMILES string of the molecule is [Br-].[Br-].[Br-].[Br-].[Br-].[Br-].[U+6]. The molecule has 0 atom stereocenters. The van der Waals surface area contributed by atoms with Gasteiger partial charge in [-0.05, 0) is 0 Å². The first-order chi connectivity index (χ1) is 0. The number of hydrogen-bond acceptors (Lipinski definition) is 0. The van der Waals surface area contributed by atoms with Crippen molar-refractivity contribution in [2.75, 3.05) is 0 Å². The van der Waals surface area contributed by atoms with Gasteiger partial charge in [0, 0.05) is 0 Å². The van der Waals surface area contributed by atoms with Gasteiger partial charge in [-0.15, -0.1) is 0 Å². The van der Waals surface area contributed by atoms with Crippen LogP contribution in [-0.2, 0) is 0 Å². The summed E-state index contributed by atoms with van der Waals surface area (Å²) in [6.07, 6.45) is 0. The Balaban J connectivity index is 0. The van der Waals surface area contributed by atoms with Gasteiger partial charge in [-0.1, -0.05) is 0 Å². The van der Waals surface area contributed by atoms with Crippen LogP contribution in [0.2, 0.25) is 0 Å². The van der Waals surface area contributed by atoms with Gasteiger partial charge < -0.3 is 102 Å². The molecule has 0 aliphatic heterocycles. The molecule has 0 saturated heterocycles. The molecule has 0 aromatic rings. The van der Waals surface area contributed by atoms with E-state index in [4.69, 9.17) is 0 Å². The van der Waals surface area contributed by atoms with E-state index >= 15 is 0 Å². The average Bonchev–Trinajstić information content (AvgIpc) is 0. The normalized spacial score (nSPS) is 0. The summed E-state index contributed by atoms with van der Waals surface area (Å²) in [4.78, 5) is 0. The molecule has 0 aliphatic carbocycles. The van der Waals surface area contributed by atoms with Crippen molar-refractivity contribution >= 4 is 0 Å². The maximum atomic E-state index is 0. The third-order valence-corrected chi connectivity index (χ3v) is 0. The Labute approximate surface area is 130 Å². The fraction of sp³-hybridized carbons (Fsp3) is 0. The zero-order valence-electron chi connectivity index (χ0n) is 2.77. The van der Waals surface area contributed by atoms with Crippen LogP contribution in [0.25, 0.3) is 0 Å². The van der Waals surface area contributed by atoms with Crippen LogP contribution in [0.5, 0.6) is 0 Å². The molecule has 0 heterocycles. The van der Waals surface area contributed by atoms with Crippen molar-refractivity contribution in [1.82, 2.24) is 0 Å². The third kappa shape index (κ3) is 40.4. The molecule has 0 N–H and O–H groups in total. The zero-order chi connectivity index (χ0) is 0. The van der Waals surface area contributed by atoms with E-state index in [1.54, 1.807) is 0 Å². The zero-order valence-corrected chi connectivity index (χ0v) is 16.4. The molecule has 0 radical (unpaired) electrons. The van der Waals surface area contributed by atoms with E-state index < -0.39 is 0 Å². The fourth-order valence-electron chi connectivity index (χ4n) is 0. The second-order valence-electron chi connectivity index (χ2n) is 0. The molecule has 0 nitrogen and oxygen atoms in total. The van der Waals surface area contributed by atoms with Crippen LogP contribution in [-0.4, -0.2) is 0 Å². The minimum atomic E-state index is 0. The maximum Gasteiger partial charge on any atom is 6.00 e. The molecular formula is Br6U. The molecule has 0 rings (SSSR count). The molecule has 0 amide bonds. The van der Waals surface area contributed by atoms with Crippen LogP contribution in [0.3, 0.4) is 0 Å². The van der Waals surface area contributed by atoms with Crippen LogP contribution in [0.15, 0.2) is 0 Å². The van der Waals surface area contributed by atoms with Gasteiger partial charge in [-0.3, -0.25) is 0 Å². The molecule has 46 valence electrons. The van der Waals surface area contributed by atoms with Gasteiger partial charge in [0.15, 0.2) is 0 Å². The Kier molecular flexibility index (Phi) is 511. The first-order valence-corrected chi connectivity index (χ1v) is 0. The Morgan fingerprint density at radius 1 is 0.286 bits per heavy atom. The third-order valence-electron chi connectivity index (χ3n) is 0. The maximum absolute atomic E-state index is 0. The predicted molar refractivity (Wildman–Crippen MR) is 0 cm³/mol. The molecule has 0 aliphatic rings. The van der Waals surface area contributed by atoms with Crippen molar-refractivity contribution in [3.63, 3.8) is 0 Å². The number of rotatable bonds is 0. The van der Waals surface area contributed by atoms with Crippen LogP contribution in [0, 0.1) is 31.1 Å². The summed E-state index contributed by atoms with van der Waals surface area (Å²) in [7, 11) is 0. The summed E-state index contributed by atoms with van der Waals surface area (Å²) >= 11 is 0. The smallest absolute Gasteiger partial charge is 1.00 e. The van der Waals surface area contributed by atoms with Gasteiger partial charge in [0.05, 0.1) is 0 Å². The monoisotopic (exact) mass is 712 g/mol. The van der Waals surface area contributed by atoms with Gasteiger partial charge in [0.2, 0.25) is 0 Å². The standard InChI is InChI=1S/6BrH.U/h6*1H;/q;;;;;;+6/p-6. The van der Waals surface area contributed by atoms with Gasteiger partial charge >= 0.3 is 31.1 Å². The second-order valence-corrected chi connectivity index (χ2v) is 0. The van der Waals surface area contributed by atoms with E-state index in [0.717, 1.165) is 0 Å². The van der Waals surface area contributed by atoms with Gasteiger partial charge in [-0.2, -0.15) is 0 Å². The van der Waals surface area contributed by atoms with E-state index in [-0.39, 0.29) is 133 Å². The molecule has 0 aromatic heterocycles. The van der Waals surface area contributed by atoms with Crippen LogP contribution in [0.4, 0.5) is 0 Å². The first-order valence-electron chi connectivity index (χ1n) is 0. The molecule has 0 saturated carbocycles. The van der Waals surface area contributed by atoms with E-state index in [2.05, 4.69) is 0 Å². The number of hydrogen-bond donors (Lipinski definition) is 0. The summed E-state index contributed by atoms with van der Waals surface area (Å²) in [5.74, 6) is 0. The van der Waals surface area contributed by atoms with Gasteiger partial charge in [-0.25, -0.2) is 0 Å². The quantitative estimate of drug-likeness (QED) is 0.234. The predicted octanol–water partition coefficient (Wildman–Crippen LogP) is -18.0. The topological polar surface area (TPSA) is 0 Å². The van der Waals surface area contributed by atoms with Crippen LogP contribution in [0.1, 0.15) is 0 Å². The average molecular weight is 717 g/mol. The molecule has 0 aromatic carbocycles. The summed E-state index contributed by atoms with van der Waals surface area (Å²) in [6, 6.07) is 0.